The van der Waals surface area contributed by atoms with E-state index in [4.69, 9.17) is 4.42 Å². The molecule has 0 radical (unpaired) electrons. The van der Waals surface area contributed by atoms with Crippen molar-refractivity contribution in [1.82, 2.24) is 4.98 Å². The van der Waals surface area contributed by atoms with Crippen LogP contribution in [-0.2, 0) is 0 Å². The van der Waals surface area contributed by atoms with Gasteiger partial charge in [0.2, 0.25) is 0 Å². The molecule has 1 aromatic carbocycles. The van der Waals surface area contributed by atoms with Crippen LogP contribution in [0, 0.1) is 6.92 Å². The number of nitrogens with zero attached hydrogens (tertiary/aromatic N) is 1. The fourth-order valence-corrected chi connectivity index (χ4v) is 2.03. The zero-order valence-corrected chi connectivity index (χ0v) is 9.88. The molecule has 88 valence electrons. The second kappa shape index (κ2) is 4.11. The van der Waals surface area contributed by atoms with Crippen molar-refractivity contribution in [3.63, 3.8) is 0 Å². The molecule has 2 aromatic heterocycles. The number of aromatic nitrogens is 1. The van der Waals surface area contributed by atoms with Crippen molar-refractivity contribution >= 4 is 17.3 Å². The van der Waals surface area contributed by atoms with Crippen LogP contribution in [-0.4, -0.2) is 11.3 Å². The molecule has 3 aromatic rings. The number of aldehydes is 1. The van der Waals surface area contributed by atoms with Gasteiger partial charge in [0.15, 0.2) is 0 Å². The Kier molecular flexibility index (Phi) is 2.45. The summed E-state index contributed by atoms with van der Waals surface area (Å²) >= 11 is 0. The summed E-state index contributed by atoms with van der Waals surface area (Å²) in [6.07, 6.45) is 2.50. The average molecular weight is 237 g/mol. The Balaban J connectivity index is 2.23. The first-order valence-corrected chi connectivity index (χ1v) is 5.68. The van der Waals surface area contributed by atoms with Gasteiger partial charge in [-0.25, -0.2) is 0 Å². The van der Waals surface area contributed by atoms with Crippen molar-refractivity contribution in [3.8, 4) is 11.3 Å². The number of carbonyl (C=O) groups is 1. The van der Waals surface area contributed by atoms with Gasteiger partial charge in [-0.2, -0.15) is 0 Å². The third kappa shape index (κ3) is 1.70. The second-order valence-electron chi connectivity index (χ2n) is 4.18. The van der Waals surface area contributed by atoms with Gasteiger partial charge < -0.3 is 4.42 Å². The van der Waals surface area contributed by atoms with Crippen molar-refractivity contribution in [2.75, 3.05) is 0 Å². The first kappa shape index (κ1) is 10.7. The van der Waals surface area contributed by atoms with Crippen LogP contribution in [0.1, 0.15) is 16.1 Å². The molecule has 3 rings (SSSR count). The van der Waals surface area contributed by atoms with E-state index in [-0.39, 0.29) is 0 Å². The molecule has 0 bridgehead atoms. The minimum absolute atomic E-state index is 0.662. The SMILES string of the molecule is Cc1cc2occc2c(-c2ccc(C=O)cc2)n1. The Labute approximate surface area is 104 Å². The van der Waals surface area contributed by atoms with Crippen molar-refractivity contribution in [2.24, 2.45) is 0 Å². The molecule has 0 aliphatic rings. The van der Waals surface area contributed by atoms with E-state index in [9.17, 15) is 4.79 Å². The van der Waals surface area contributed by atoms with Crippen LogP contribution in [0.25, 0.3) is 22.2 Å². The minimum Gasteiger partial charge on any atom is -0.464 e. The summed E-state index contributed by atoms with van der Waals surface area (Å²) in [5, 5.41) is 0.986. The summed E-state index contributed by atoms with van der Waals surface area (Å²) in [6, 6.07) is 11.2. The highest BCUT2D eigenvalue weighted by Crippen LogP contribution is 2.28. The van der Waals surface area contributed by atoms with Crippen LogP contribution < -0.4 is 0 Å². The minimum atomic E-state index is 0.662. The highest BCUT2D eigenvalue weighted by atomic mass is 16.3. The fourth-order valence-electron chi connectivity index (χ4n) is 2.03. The maximum absolute atomic E-state index is 10.6. The van der Waals surface area contributed by atoms with Crippen molar-refractivity contribution < 1.29 is 9.21 Å². The highest BCUT2D eigenvalue weighted by molar-refractivity contribution is 5.92. The molecule has 0 amide bonds. The molecule has 0 spiro atoms. The second-order valence-corrected chi connectivity index (χ2v) is 4.18. The lowest BCUT2D eigenvalue weighted by molar-refractivity contribution is 0.112. The van der Waals surface area contributed by atoms with Crippen LogP contribution in [0.4, 0.5) is 0 Å². The van der Waals surface area contributed by atoms with E-state index in [0.717, 1.165) is 34.2 Å². The number of hydrogen-bond acceptors (Lipinski definition) is 3. The summed E-state index contributed by atoms with van der Waals surface area (Å²) in [5.41, 5.74) is 4.27. The molecule has 0 unspecified atom stereocenters. The summed E-state index contributed by atoms with van der Waals surface area (Å²) in [7, 11) is 0. The molecule has 0 aliphatic heterocycles. The first-order chi connectivity index (χ1) is 8.78. The van der Waals surface area contributed by atoms with Gasteiger partial charge in [0.25, 0.3) is 0 Å². The van der Waals surface area contributed by atoms with Gasteiger partial charge in [0.05, 0.1) is 12.0 Å². The van der Waals surface area contributed by atoms with E-state index in [2.05, 4.69) is 4.98 Å². The van der Waals surface area contributed by atoms with E-state index < -0.39 is 0 Å². The third-order valence-electron chi connectivity index (χ3n) is 2.90. The summed E-state index contributed by atoms with van der Waals surface area (Å²) in [5.74, 6) is 0. The smallest absolute Gasteiger partial charge is 0.150 e. The normalized spacial score (nSPS) is 10.7. The molecule has 3 nitrogen and oxygen atoms in total. The van der Waals surface area contributed by atoms with E-state index >= 15 is 0 Å². The van der Waals surface area contributed by atoms with Crippen LogP contribution in [0.3, 0.4) is 0 Å². The number of carbonyl (C=O) groups excluding carboxylic acids is 1. The van der Waals surface area contributed by atoms with E-state index in [1.54, 1.807) is 18.4 Å². The zero-order valence-electron chi connectivity index (χ0n) is 9.88. The molecule has 2 heterocycles. The number of benzene rings is 1. The number of hydrogen-bond donors (Lipinski definition) is 0. The Morgan fingerprint density at radius 1 is 1.17 bits per heavy atom. The largest absolute Gasteiger partial charge is 0.464 e. The van der Waals surface area contributed by atoms with Crippen molar-refractivity contribution in [2.45, 2.75) is 6.92 Å². The molecule has 18 heavy (non-hydrogen) atoms. The number of aryl methyl sites for hydroxylation is 1. The van der Waals surface area contributed by atoms with Crippen LogP contribution in [0.5, 0.6) is 0 Å². The Bertz CT molecular complexity index is 711. The fraction of sp³-hybridized carbons (Fsp3) is 0.0667. The molecule has 0 aliphatic carbocycles. The summed E-state index contributed by atoms with van der Waals surface area (Å²) < 4.78 is 5.41. The number of rotatable bonds is 2. The molecule has 0 saturated heterocycles. The van der Waals surface area contributed by atoms with Gasteiger partial charge in [-0.3, -0.25) is 9.78 Å². The molecule has 0 fully saturated rings. The molecular formula is C15H11NO2. The van der Waals surface area contributed by atoms with Gasteiger partial charge in [-0.15, -0.1) is 0 Å². The predicted octanol–water partition coefficient (Wildman–Crippen LogP) is 3.62. The van der Waals surface area contributed by atoms with Gasteiger partial charge in [0, 0.05) is 28.3 Å². The van der Waals surface area contributed by atoms with Crippen LogP contribution >= 0.6 is 0 Å². The van der Waals surface area contributed by atoms with Gasteiger partial charge in [-0.1, -0.05) is 24.3 Å². The third-order valence-corrected chi connectivity index (χ3v) is 2.90. The first-order valence-electron chi connectivity index (χ1n) is 5.68. The Hall–Kier alpha value is -2.42. The quantitative estimate of drug-likeness (QED) is 0.639. The number of furan rings is 1. The molecule has 0 saturated carbocycles. The van der Waals surface area contributed by atoms with Crippen molar-refractivity contribution in [1.29, 1.82) is 0 Å². The molecule has 0 atom stereocenters. The van der Waals surface area contributed by atoms with Crippen LogP contribution in [0.15, 0.2) is 47.1 Å². The van der Waals surface area contributed by atoms with E-state index in [1.807, 2.05) is 31.2 Å². The van der Waals surface area contributed by atoms with Crippen LogP contribution in [0.2, 0.25) is 0 Å². The van der Waals surface area contributed by atoms with Gasteiger partial charge in [0.1, 0.15) is 11.9 Å². The van der Waals surface area contributed by atoms with Gasteiger partial charge in [-0.05, 0) is 13.0 Å². The molecular weight excluding hydrogens is 226 g/mol. The lowest BCUT2D eigenvalue weighted by Crippen LogP contribution is -1.88. The number of fused-ring (bicyclic) bond motifs is 1. The standard InChI is InChI=1S/C15H11NO2/c1-10-8-14-13(6-7-18-14)15(16-10)12-4-2-11(9-17)3-5-12/h2-9H,1H3. The van der Waals surface area contributed by atoms with E-state index in [0.29, 0.717) is 5.56 Å². The zero-order chi connectivity index (χ0) is 12.5. The molecule has 0 N–H and O–H groups in total. The predicted molar refractivity (Wildman–Crippen MR) is 69.6 cm³/mol. The maximum Gasteiger partial charge on any atom is 0.150 e. The van der Waals surface area contributed by atoms with E-state index in [1.165, 1.54) is 0 Å². The van der Waals surface area contributed by atoms with Gasteiger partial charge >= 0.3 is 0 Å². The highest BCUT2D eigenvalue weighted by Gasteiger charge is 2.08. The lowest BCUT2D eigenvalue weighted by Gasteiger charge is -2.04. The topological polar surface area (TPSA) is 43.1 Å². The summed E-state index contributed by atoms with van der Waals surface area (Å²) in [4.78, 5) is 15.2. The summed E-state index contributed by atoms with van der Waals surface area (Å²) in [6.45, 7) is 1.94. The Morgan fingerprint density at radius 2 is 1.94 bits per heavy atom. The monoisotopic (exact) mass is 237 g/mol. The molecule has 3 heteroatoms. The lowest BCUT2D eigenvalue weighted by atomic mass is 10.1. The van der Waals surface area contributed by atoms with Crippen molar-refractivity contribution in [3.05, 3.63) is 53.9 Å². The maximum atomic E-state index is 10.6. The average Bonchev–Trinajstić information content (AvgIpc) is 2.86. The number of pyridine rings is 1. The Morgan fingerprint density at radius 3 is 2.67 bits per heavy atom.